The highest BCUT2D eigenvalue weighted by Crippen LogP contribution is 2.48. The number of carbonyl (C=O) groups is 2. The zero-order valence-electron chi connectivity index (χ0n) is 18.8. The van der Waals surface area contributed by atoms with Crippen molar-refractivity contribution in [1.82, 2.24) is 9.47 Å². The van der Waals surface area contributed by atoms with Gasteiger partial charge in [-0.1, -0.05) is 37.6 Å². The summed E-state index contributed by atoms with van der Waals surface area (Å²) in [5.74, 6) is -1.45. The number of nitrogens with zero attached hydrogens (tertiary/aromatic N) is 2. The van der Waals surface area contributed by atoms with Gasteiger partial charge in [0.05, 0.1) is 17.6 Å². The van der Waals surface area contributed by atoms with Crippen LogP contribution in [0.25, 0.3) is 10.9 Å². The van der Waals surface area contributed by atoms with E-state index in [0.717, 1.165) is 35.1 Å². The van der Waals surface area contributed by atoms with Crippen LogP contribution in [-0.4, -0.2) is 27.8 Å². The zero-order chi connectivity index (χ0) is 23.4. The van der Waals surface area contributed by atoms with Gasteiger partial charge >= 0.3 is 0 Å². The van der Waals surface area contributed by atoms with Gasteiger partial charge < -0.3 is 9.88 Å². The third-order valence-corrected chi connectivity index (χ3v) is 6.88. The van der Waals surface area contributed by atoms with Crippen molar-refractivity contribution in [3.8, 4) is 0 Å². The van der Waals surface area contributed by atoms with Crippen molar-refractivity contribution < 1.29 is 14.0 Å². The summed E-state index contributed by atoms with van der Waals surface area (Å²) in [6, 6.07) is 10.5. The lowest BCUT2D eigenvalue weighted by Gasteiger charge is -2.21. The zero-order valence-corrected chi connectivity index (χ0v) is 19.5. The summed E-state index contributed by atoms with van der Waals surface area (Å²) in [5.41, 5.74) is 3.91. The number of carbonyl (C=O) groups excluding carboxylic acids is 2. The summed E-state index contributed by atoms with van der Waals surface area (Å²) in [5, 5.41) is 4.60. The quantitative estimate of drug-likeness (QED) is 0.539. The Morgan fingerprint density at radius 3 is 2.70 bits per heavy atom. The molecule has 1 atom stereocenters. The Morgan fingerprint density at radius 1 is 1.24 bits per heavy atom. The lowest BCUT2D eigenvalue weighted by Crippen LogP contribution is -2.33. The van der Waals surface area contributed by atoms with Crippen molar-refractivity contribution >= 4 is 40.0 Å². The third kappa shape index (κ3) is 3.44. The Morgan fingerprint density at radius 2 is 2.00 bits per heavy atom. The van der Waals surface area contributed by atoms with E-state index < -0.39 is 17.6 Å². The van der Waals surface area contributed by atoms with Crippen molar-refractivity contribution in [2.75, 3.05) is 11.9 Å². The summed E-state index contributed by atoms with van der Waals surface area (Å²) in [7, 11) is 0. The minimum absolute atomic E-state index is 0.125. The first-order valence-electron chi connectivity index (χ1n) is 11.2. The van der Waals surface area contributed by atoms with Crippen molar-refractivity contribution in [2.24, 2.45) is 5.92 Å². The number of aryl methyl sites for hydroxylation is 1. The van der Waals surface area contributed by atoms with Crippen LogP contribution < -0.4 is 5.32 Å². The van der Waals surface area contributed by atoms with E-state index in [0.29, 0.717) is 17.2 Å². The molecule has 170 valence electrons. The summed E-state index contributed by atoms with van der Waals surface area (Å²) < 4.78 is 17.5. The molecule has 0 saturated heterocycles. The van der Waals surface area contributed by atoms with Gasteiger partial charge in [0.2, 0.25) is 5.91 Å². The fourth-order valence-electron chi connectivity index (χ4n) is 4.94. The van der Waals surface area contributed by atoms with Crippen molar-refractivity contribution in [3.05, 3.63) is 75.8 Å². The first-order chi connectivity index (χ1) is 15.8. The Kier molecular flexibility index (Phi) is 5.28. The molecule has 5 nitrogen and oxygen atoms in total. The summed E-state index contributed by atoms with van der Waals surface area (Å²) in [4.78, 5) is 26.9. The number of hydrogen-bond donors (Lipinski definition) is 1. The van der Waals surface area contributed by atoms with Gasteiger partial charge in [0.1, 0.15) is 5.82 Å². The minimum atomic E-state index is -0.732. The summed E-state index contributed by atoms with van der Waals surface area (Å²) >= 11 is 6.54. The molecule has 0 fully saturated rings. The van der Waals surface area contributed by atoms with Gasteiger partial charge in [-0.05, 0) is 42.2 Å². The fourth-order valence-corrected chi connectivity index (χ4v) is 5.22. The highest BCUT2D eigenvalue weighted by atomic mass is 35.5. The van der Waals surface area contributed by atoms with E-state index in [1.807, 2.05) is 24.4 Å². The number of hydrogen-bond acceptors (Lipinski definition) is 3. The second-order valence-electron chi connectivity index (χ2n) is 9.16. The molecule has 0 radical (unpaired) electrons. The smallest absolute Gasteiger partial charge is 0.259 e. The molecule has 0 bridgehead atoms. The maximum atomic E-state index is 15.3. The number of amides is 2. The standard InChI is InChI=1S/C26H25ClFN3O2/c1-14(2)10-11-30-12-16-22-19(8-5-9-21(22)30)29-20-13-31(15(3)32)26(33)25(20)23(16)24-17(27)6-4-7-18(24)28/h4-9,12,14,23,29H,10-11,13H2,1-3H3. The second kappa shape index (κ2) is 8.03. The number of imide groups is 1. The SMILES string of the molecule is CC(=O)N1CC2=C(C1=O)C(c1c(F)cccc1Cl)c1cn(CCC(C)C)c3cccc(c13)N2. The number of aromatic nitrogens is 1. The van der Waals surface area contributed by atoms with Crippen LogP contribution in [0.2, 0.25) is 5.02 Å². The van der Waals surface area contributed by atoms with Gasteiger partial charge in [0.15, 0.2) is 0 Å². The normalized spacial score (nSPS) is 17.6. The molecule has 2 aliphatic rings. The van der Waals surface area contributed by atoms with E-state index in [1.165, 1.54) is 17.9 Å². The van der Waals surface area contributed by atoms with E-state index in [-0.39, 0.29) is 23.0 Å². The first kappa shape index (κ1) is 21.7. The molecule has 1 N–H and O–H groups in total. The molecule has 2 amide bonds. The Balaban J connectivity index is 1.80. The molecular formula is C26H25ClFN3O2. The van der Waals surface area contributed by atoms with E-state index in [1.54, 1.807) is 12.1 Å². The molecule has 2 aromatic carbocycles. The van der Waals surface area contributed by atoms with E-state index >= 15 is 4.39 Å². The predicted octanol–water partition coefficient (Wildman–Crippen LogP) is 5.68. The van der Waals surface area contributed by atoms with E-state index in [9.17, 15) is 9.59 Å². The average molecular weight is 466 g/mol. The highest BCUT2D eigenvalue weighted by Gasteiger charge is 2.43. The predicted molar refractivity (Wildman–Crippen MR) is 128 cm³/mol. The molecule has 1 aromatic heterocycles. The van der Waals surface area contributed by atoms with Crippen LogP contribution in [-0.2, 0) is 16.1 Å². The third-order valence-electron chi connectivity index (χ3n) is 6.55. The molecule has 3 aromatic rings. The Bertz CT molecular complexity index is 1320. The lowest BCUT2D eigenvalue weighted by atomic mass is 9.84. The average Bonchev–Trinajstić information content (AvgIpc) is 3.24. The minimum Gasteiger partial charge on any atom is -0.356 e. The van der Waals surface area contributed by atoms with Crippen molar-refractivity contribution in [1.29, 1.82) is 0 Å². The molecule has 0 aliphatic carbocycles. The van der Waals surface area contributed by atoms with Crippen LogP contribution in [0.3, 0.4) is 0 Å². The summed E-state index contributed by atoms with van der Waals surface area (Å²) in [6.45, 7) is 6.64. The Hall–Kier alpha value is -3.12. The monoisotopic (exact) mass is 465 g/mol. The van der Waals surface area contributed by atoms with Gasteiger partial charge in [-0.3, -0.25) is 14.5 Å². The maximum Gasteiger partial charge on any atom is 0.259 e. The molecule has 33 heavy (non-hydrogen) atoms. The van der Waals surface area contributed by atoms with Crippen LogP contribution in [0.1, 0.15) is 44.2 Å². The number of benzene rings is 2. The Labute approximate surface area is 196 Å². The van der Waals surface area contributed by atoms with E-state index in [4.69, 9.17) is 11.6 Å². The van der Waals surface area contributed by atoms with Gasteiger partial charge in [0.25, 0.3) is 5.91 Å². The van der Waals surface area contributed by atoms with Crippen LogP contribution in [0.15, 0.2) is 53.9 Å². The highest BCUT2D eigenvalue weighted by molar-refractivity contribution is 6.31. The van der Waals surface area contributed by atoms with Crippen LogP contribution in [0.5, 0.6) is 0 Å². The topological polar surface area (TPSA) is 54.3 Å². The lowest BCUT2D eigenvalue weighted by molar-refractivity contribution is -0.139. The van der Waals surface area contributed by atoms with Gasteiger partial charge in [-0.15, -0.1) is 0 Å². The second-order valence-corrected chi connectivity index (χ2v) is 9.56. The first-order valence-corrected chi connectivity index (χ1v) is 11.5. The largest absolute Gasteiger partial charge is 0.356 e. The fraction of sp³-hybridized carbons (Fsp3) is 0.308. The van der Waals surface area contributed by atoms with Gasteiger partial charge in [-0.2, -0.15) is 0 Å². The summed E-state index contributed by atoms with van der Waals surface area (Å²) in [6.07, 6.45) is 3.00. The number of anilines is 1. The molecule has 7 heteroatoms. The van der Waals surface area contributed by atoms with E-state index in [2.05, 4.69) is 23.7 Å². The van der Waals surface area contributed by atoms with Crippen molar-refractivity contribution in [2.45, 2.75) is 39.7 Å². The molecule has 1 unspecified atom stereocenters. The molecular weight excluding hydrogens is 441 g/mol. The molecule has 3 heterocycles. The van der Waals surface area contributed by atoms with Crippen LogP contribution in [0, 0.1) is 11.7 Å². The maximum absolute atomic E-state index is 15.3. The van der Waals surface area contributed by atoms with Crippen LogP contribution in [0.4, 0.5) is 10.1 Å². The molecule has 2 aliphatic heterocycles. The van der Waals surface area contributed by atoms with Gasteiger partial charge in [0, 0.05) is 52.9 Å². The molecule has 5 rings (SSSR count). The number of halogens is 2. The van der Waals surface area contributed by atoms with Crippen LogP contribution >= 0.6 is 11.6 Å². The number of nitrogens with one attached hydrogen (secondary N) is 1. The molecule has 0 spiro atoms. The van der Waals surface area contributed by atoms with Gasteiger partial charge in [-0.25, -0.2) is 4.39 Å². The van der Waals surface area contributed by atoms with Crippen molar-refractivity contribution in [3.63, 3.8) is 0 Å². The molecule has 0 saturated carbocycles. The number of rotatable bonds is 4.